The fourth-order valence-electron chi connectivity index (χ4n) is 1.53. The van der Waals surface area contributed by atoms with Crippen molar-refractivity contribution < 1.29 is 4.92 Å². The Labute approximate surface area is 118 Å². The first-order valence-corrected chi connectivity index (χ1v) is 6.64. The molecule has 0 aliphatic rings. The van der Waals surface area contributed by atoms with E-state index in [4.69, 9.17) is 17.3 Å². The van der Waals surface area contributed by atoms with Crippen molar-refractivity contribution in [3.63, 3.8) is 0 Å². The summed E-state index contributed by atoms with van der Waals surface area (Å²) in [5.74, 6) is 0.519. The van der Waals surface area contributed by atoms with Gasteiger partial charge in [-0.25, -0.2) is 4.98 Å². The molecule has 0 spiro atoms. The molecule has 0 atom stereocenters. The minimum Gasteiger partial charge on any atom is -0.383 e. The Kier molecular flexibility index (Phi) is 4.18. The van der Waals surface area contributed by atoms with Gasteiger partial charge in [-0.1, -0.05) is 11.6 Å². The van der Waals surface area contributed by atoms with Gasteiger partial charge >= 0.3 is 0 Å². The number of pyridine rings is 1. The number of nitro groups is 1. The molecule has 0 bridgehead atoms. The first-order chi connectivity index (χ1) is 9.04. The van der Waals surface area contributed by atoms with Gasteiger partial charge in [0, 0.05) is 11.4 Å². The number of nitrogens with two attached hydrogens (primary N) is 1. The van der Waals surface area contributed by atoms with Crippen molar-refractivity contribution in [3.8, 4) is 0 Å². The van der Waals surface area contributed by atoms with E-state index in [0.717, 1.165) is 15.6 Å². The zero-order valence-electron chi connectivity index (χ0n) is 9.80. The fourth-order valence-corrected chi connectivity index (χ4v) is 2.62. The van der Waals surface area contributed by atoms with Crippen LogP contribution >= 0.6 is 22.9 Å². The third kappa shape index (κ3) is 3.80. The molecule has 0 amide bonds. The number of nitrogen functional groups attached to an aromatic ring is 1. The molecule has 0 aromatic carbocycles. The smallest absolute Gasteiger partial charge is 0.276 e. The zero-order chi connectivity index (χ0) is 13.8. The lowest BCUT2D eigenvalue weighted by Gasteiger charge is -2.05. The van der Waals surface area contributed by atoms with Gasteiger partial charge in [-0.3, -0.25) is 10.1 Å². The number of nitrogens with zero attached hydrogens (tertiary/aromatic N) is 2. The average molecular weight is 299 g/mol. The molecule has 0 saturated carbocycles. The summed E-state index contributed by atoms with van der Waals surface area (Å²) in [7, 11) is 0. The lowest BCUT2D eigenvalue weighted by molar-refractivity contribution is -0.384. The molecule has 0 saturated heterocycles. The third-order valence-electron chi connectivity index (χ3n) is 2.35. The van der Waals surface area contributed by atoms with Crippen molar-refractivity contribution in [2.24, 2.45) is 0 Å². The van der Waals surface area contributed by atoms with Gasteiger partial charge in [-0.2, -0.15) is 0 Å². The second kappa shape index (κ2) is 5.85. The van der Waals surface area contributed by atoms with Crippen molar-refractivity contribution in [2.45, 2.75) is 6.42 Å². The van der Waals surface area contributed by atoms with Crippen molar-refractivity contribution in [1.29, 1.82) is 0 Å². The maximum atomic E-state index is 10.7. The van der Waals surface area contributed by atoms with Crippen LogP contribution in [-0.2, 0) is 6.42 Å². The predicted octanol–water partition coefficient (Wildman–Crippen LogP) is 2.94. The minimum atomic E-state index is -0.498. The van der Waals surface area contributed by atoms with Gasteiger partial charge < -0.3 is 11.1 Å². The van der Waals surface area contributed by atoms with Gasteiger partial charge in [0.1, 0.15) is 11.6 Å². The molecule has 19 heavy (non-hydrogen) atoms. The molecule has 0 aliphatic carbocycles. The predicted molar refractivity (Wildman–Crippen MR) is 76.8 cm³/mol. The highest BCUT2D eigenvalue weighted by atomic mass is 35.5. The van der Waals surface area contributed by atoms with Crippen LogP contribution < -0.4 is 11.1 Å². The Morgan fingerprint density at radius 1 is 1.47 bits per heavy atom. The van der Waals surface area contributed by atoms with E-state index in [9.17, 15) is 10.1 Å². The Hall–Kier alpha value is -1.86. The lowest BCUT2D eigenvalue weighted by atomic mass is 10.3. The van der Waals surface area contributed by atoms with Crippen LogP contribution in [0, 0.1) is 10.1 Å². The molecule has 0 aliphatic heterocycles. The molecule has 2 heterocycles. The summed E-state index contributed by atoms with van der Waals surface area (Å²) < 4.78 is 0.743. The summed E-state index contributed by atoms with van der Waals surface area (Å²) in [4.78, 5) is 15.3. The number of rotatable bonds is 5. The van der Waals surface area contributed by atoms with Crippen LogP contribution in [0.3, 0.4) is 0 Å². The van der Waals surface area contributed by atoms with Crippen molar-refractivity contribution in [2.75, 3.05) is 17.6 Å². The Bertz CT molecular complexity index is 602. The topological polar surface area (TPSA) is 94.1 Å². The summed E-state index contributed by atoms with van der Waals surface area (Å²) in [6.07, 6.45) is 0.766. The van der Waals surface area contributed by atoms with E-state index in [-0.39, 0.29) is 11.5 Å². The van der Waals surface area contributed by atoms with E-state index in [1.807, 2.05) is 12.1 Å². The van der Waals surface area contributed by atoms with Gasteiger partial charge in [0.05, 0.1) is 21.4 Å². The van der Waals surface area contributed by atoms with Crippen LogP contribution in [0.2, 0.25) is 4.34 Å². The van der Waals surface area contributed by atoms with Crippen molar-refractivity contribution >= 4 is 40.3 Å². The van der Waals surface area contributed by atoms with Crippen LogP contribution in [0.5, 0.6) is 0 Å². The highest BCUT2D eigenvalue weighted by Crippen LogP contribution is 2.22. The maximum Gasteiger partial charge on any atom is 0.276 e. The van der Waals surface area contributed by atoms with Crippen LogP contribution in [0.1, 0.15) is 4.88 Å². The standard InChI is InChI=1S/C11H11ClN4O2S/c12-9-2-1-8(19-9)3-4-14-11-6-7(16(17)18)5-10(13)15-11/h1-2,5-6H,3-4H2,(H3,13,14,15). The fraction of sp³-hybridized carbons (Fsp3) is 0.182. The summed E-state index contributed by atoms with van der Waals surface area (Å²) in [6.45, 7) is 0.602. The molecule has 2 aromatic heterocycles. The van der Waals surface area contributed by atoms with E-state index < -0.39 is 4.92 Å². The lowest BCUT2D eigenvalue weighted by Crippen LogP contribution is -2.07. The summed E-state index contributed by atoms with van der Waals surface area (Å²) in [6, 6.07) is 6.37. The number of hydrogen-bond acceptors (Lipinski definition) is 6. The molecule has 100 valence electrons. The number of thiophene rings is 1. The SMILES string of the molecule is Nc1cc([N+](=O)[O-])cc(NCCc2ccc(Cl)s2)n1. The van der Waals surface area contributed by atoms with Crippen molar-refractivity contribution in [3.05, 3.63) is 43.6 Å². The second-order valence-electron chi connectivity index (χ2n) is 3.78. The number of anilines is 2. The van der Waals surface area contributed by atoms with E-state index in [2.05, 4.69) is 10.3 Å². The third-order valence-corrected chi connectivity index (χ3v) is 3.64. The van der Waals surface area contributed by atoms with Crippen molar-refractivity contribution in [1.82, 2.24) is 4.98 Å². The molecule has 0 fully saturated rings. The summed E-state index contributed by atoms with van der Waals surface area (Å²) in [5.41, 5.74) is 5.44. The number of nitrogens with one attached hydrogen (secondary N) is 1. The Balaban J connectivity index is 1.97. The zero-order valence-corrected chi connectivity index (χ0v) is 11.4. The van der Waals surface area contributed by atoms with Gasteiger partial charge in [-0.05, 0) is 18.6 Å². The first-order valence-electron chi connectivity index (χ1n) is 5.44. The maximum absolute atomic E-state index is 10.7. The first kappa shape index (κ1) is 13.6. The van der Waals surface area contributed by atoms with Crippen LogP contribution in [0.4, 0.5) is 17.3 Å². The monoisotopic (exact) mass is 298 g/mol. The highest BCUT2D eigenvalue weighted by molar-refractivity contribution is 7.16. The van der Waals surface area contributed by atoms with Gasteiger partial charge in [-0.15, -0.1) is 11.3 Å². The van der Waals surface area contributed by atoms with E-state index >= 15 is 0 Å². The van der Waals surface area contributed by atoms with Gasteiger partial charge in [0.15, 0.2) is 0 Å². The number of halogens is 1. The summed E-state index contributed by atoms with van der Waals surface area (Å²) in [5, 5.41) is 13.7. The molecule has 0 unspecified atom stereocenters. The van der Waals surface area contributed by atoms with E-state index in [1.54, 1.807) is 0 Å². The normalized spacial score (nSPS) is 10.4. The summed E-state index contributed by atoms with van der Waals surface area (Å²) >= 11 is 7.33. The molecule has 2 aromatic rings. The average Bonchev–Trinajstić information content (AvgIpc) is 2.74. The highest BCUT2D eigenvalue weighted by Gasteiger charge is 2.09. The Morgan fingerprint density at radius 2 is 2.26 bits per heavy atom. The molecule has 3 N–H and O–H groups in total. The molecule has 2 rings (SSSR count). The van der Waals surface area contributed by atoms with Crippen LogP contribution in [0.15, 0.2) is 24.3 Å². The second-order valence-corrected chi connectivity index (χ2v) is 5.57. The van der Waals surface area contributed by atoms with E-state index in [0.29, 0.717) is 12.4 Å². The Morgan fingerprint density at radius 3 is 2.89 bits per heavy atom. The van der Waals surface area contributed by atoms with Gasteiger partial charge in [0.2, 0.25) is 0 Å². The number of hydrogen-bond donors (Lipinski definition) is 2. The minimum absolute atomic E-state index is 0.0748. The molecule has 6 nitrogen and oxygen atoms in total. The quantitative estimate of drug-likeness (QED) is 0.654. The number of aromatic nitrogens is 1. The molecular weight excluding hydrogens is 288 g/mol. The van der Waals surface area contributed by atoms with E-state index in [1.165, 1.54) is 23.5 Å². The molecule has 8 heteroatoms. The largest absolute Gasteiger partial charge is 0.383 e. The van der Waals surface area contributed by atoms with Gasteiger partial charge in [0.25, 0.3) is 5.69 Å². The van der Waals surface area contributed by atoms with Crippen LogP contribution in [-0.4, -0.2) is 16.5 Å². The molecule has 0 radical (unpaired) electrons. The molecular formula is C11H11ClN4O2S. The van der Waals surface area contributed by atoms with Crippen LogP contribution in [0.25, 0.3) is 0 Å².